The number of esters is 2. The summed E-state index contributed by atoms with van der Waals surface area (Å²) in [4.78, 5) is 23.8. The maximum atomic E-state index is 12.0. The summed E-state index contributed by atoms with van der Waals surface area (Å²) in [6, 6.07) is 0. The summed E-state index contributed by atoms with van der Waals surface area (Å²) in [5, 5.41) is 3.27. The molecule has 5 nitrogen and oxygen atoms in total. The minimum Gasteiger partial charge on any atom is -0.464 e. The molecule has 0 saturated heterocycles. The first-order chi connectivity index (χ1) is 16.1. The van der Waals surface area contributed by atoms with E-state index in [0.717, 1.165) is 12.8 Å². The smallest absolute Gasteiger partial charge is 0.307 e. The van der Waals surface area contributed by atoms with Crippen molar-refractivity contribution in [3.63, 3.8) is 0 Å². The van der Waals surface area contributed by atoms with Gasteiger partial charge >= 0.3 is 11.9 Å². The molecule has 0 aliphatic rings. The number of hydrogen-bond donors (Lipinski definition) is 1. The molecule has 0 aliphatic carbocycles. The van der Waals surface area contributed by atoms with Crippen LogP contribution in [0.4, 0.5) is 0 Å². The minimum absolute atomic E-state index is 0.128. The van der Waals surface area contributed by atoms with Crippen LogP contribution in [0.1, 0.15) is 151 Å². The number of nitrogens with one attached hydrogen (secondary N) is 1. The summed E-state index contributed by atoms with van der Waals surface area (Å²) in [6.45, 7) is 12.6. The number of carbonyl (C=O) groups excluding carboxylic acids is 2. The van der Waals surface area contributed by atoms with Crippen LogP contribution in [0.15, 0.2) is 0 Å². The number of carbonyl (C=O) groups is 2. The van der Waals surface area contributed by atoms with Gasteiger partial charge in [-0.05, 0) is 41.0 Å². The van der Waals surface area contributed by atoms with Gasteiger partial charge in [-0.3, -0.25) is 9.59 Å². The molecule has 34 heavy (non-hydrogen) atoms. The molecule has 0 spiro atoms. The molecule has 0 radical (unpaired) electrons. The number of rotatable bonds is 22. The van der Waals surface area contributed by atoms with E-state index in [4.69, 9.17) is 9.47 Å². The van der Waals surface area contributed by atoms with Crippen LogP contribution in [-0.4, -0.2) is 36.2 Å². The zero-order chi connectivity index (χ0) is 25.7. The zero-order valence-electron chi connectivity index (χ0n) is 23.6. The first-order valence-corrected chi connectivity index (χ1v) is 14.2. The fourth-order valence-corrected chi connectivity index (χ4v) is 3.92. The lowest BCUT2D eigenvalue weighted by Gasteiger charge is -2.26. The summed E-state index contributed by atoms with van der Waals surface area (Å²) >= 11 is 0. The highest BCUT2D eigenvalue weighted by Gasteiger charge is 2.21. The van der Waals surface area contributed by atoms with Crippen molar-refractivity contribution < 1.29 is 19.1 Å². The topological polar surface area (TPSA) is 64.6 Å². The molecule has 0 aliphatic heterocycles. The Kier molecular flexibility index (Phi) is 19.5. The fraction of sp³-hybridized carbons (Fsp3) is 0.931. The van der Waals surface area contributed by atoms with Crippen LogP contribution in [0.2, 0.25) is 0 Å². The fourth-order valence-electron chi connectivity index (χ4n) is 3.92. The van der Waals surface area contributed by atoms with Crippen LogP contribution in [0, 0.1) is 0 Å². The lowest BCUT2D eigenvalue weighted by molar-refractivity contribution is -0.155. The molecule has 0 aromatic rings. The summed E-state index contributed by atoms with van der Waals surface area (Å²) in [6.07, 6.45) is 20.6. The van der Waals surface area contributed by atoms with Gasteiger partial charge in [0.15, 0.2) is 0 Å². The Morgan fingerprint density at radius 2 is 1.06 bits per heavy atom. The molecular weight excluding hydrogens is 426 g/mol. The van der Waals surface area contributed by atoms with E-state index in [1.807, 2.05) is 34.6 Å². The van der Waals surface area contributed by atoms with Crippen LogP contribution in [0.3, 0.4) is 0 Å². The number of ether oxygens (including phenoxy) is 2. The number of unbranched alkanes of at least 4 members (excludes halogenated alkanes) is 14. The molecule has 0 rings (SSSR count). The Morgan fingerprint density at radius 3 is 1.50 bits per heavy atom. The molecule has 202 valence electrons. The third-order valence-corrected chi connectivity index (χ3v) is 5.93. The second kappa shape index (κ2) is 20.1. The summed E-state index contributed by atoms with van der Waals surface area (Å²) < 4.78 is 10.8. The van der Waals surface area contributed by atoms with Gasteiger partial charge < -0.3 is 14.8 Å². The monoisotopic (exact) mass is 483 g/mol. The van der Waals surface area contributed by atoms with Crippen molar-refractivity contribution >= 4 is 11.9 Å². The van der Waals surface area contributed by atoms with Gasteiger partial charge in [0.05, 0.1) is 6.42 Å². The summed E-state index contributed by atoms with van der Waals surface area (Å²) in [5.74, 6) is -0.349. The highest BCUT2D eigenvalue weighted by atomic mass is 16.6. The van der Waals surface area contributed by atoms with Crippen molar-refractivity contribution in [3.8, 4) is 0 Å². The van der Waals surface area contributed by atoms with Gasteiger partial charge in [-0.25, -0.2) is 0 Å². The average molecular weight is 484 g/mol. The highest BCUT2D eigenvalue weighted by molar-refractivity contribution is 5.70. The average Bonchev–Trinajstić information content (AvgIpc) is 2.73. The van der Waals surface area contributed by atoms with Crippen molar-refractivity contribution in [2.45, 2.75) is 162 Å². The molecule has 1 N–H and O–H groups in total. The van der Waals surface area contributed by atoms with E-state index in [1.165, 1.54) is 83.5 Å². The van der Waals surface area contributed by atoms with Crippen LogP contribution in [-0.2, 0) is 19.1 Å². The van der Waals surface area contributed by atoms with Gasteiger partial charge in [-0.15, -0.1) is 0 Å². The summed E-state index contributed by atoms with van der Waals surface area (Å²) in [5.41, 5.74) is -0.832. The Hall–Kier alpha value is -1.10. The molecule has 0 atom stereocenters. The maximum absolute atomic E-state index is 12.0. The third kappa shape index (κ3) is 24.0. The minimum atomic E-state index is -0.463. The SMILES string of the molecule is CCCCCCCCCCCCCCCCCC(=O)OCC(C)(C)NCCC(=O)OC(C)(C)C. The van der Waals surface area contributed by atoms with E-state index in [0.29, 0.717) is 26.0 Å². The van der Waals surface area contributed by atoms with Crippen LogP contribution >= 0.6 is 0 Å². The van der Waals surface area contributed by atoms with Gasteiger partial charge in [-0.1, -0.05) is 96.8 Å². The zero-order valence-corrected chi connectivity index (χ0v) is 23.6. The summed E-state index contributed by atoms with van der Waals surface area (Å²) in [7, 11) is 0. The molecule has 0 aromatic carbocycles. The van der Waals surface area contributed by atoms with Crippen LogP contribution in [0.5, 0.6) is 0 Å². The second-order valence-corrected chi connectivity index (χ2v) is 11.5. The molecule has 0 saturated carbocycles. The molecule has 0 bridgehead atoms. The Balaban J connectivity index is 3.53. The lowest BCUT2D eigenvalue weighted by Crippen LogP contribution is -2.45. The van der Waals surface area contributed by atoms with E-state index < -0.39 is 5.60 Å². The Morgan fingerprint density at radius 1 is 0.618 bits per heavy atom. The van der Waals surface area contributed by atoms with Crippen molar-refractivity contribution in [2.24, 2.45) is 0 Å². The van der Waals surface area contributed by atoms with Crippen molar-refractivity contribution in [2.75, 3.05) is 13.2 Å². The number of hydrogen-bond acceptors (Lipinski definition) is 5. The van der Waals surface area contributed by atoms with E-state index in [1.54, 1.807) is 0 Å². The largest absolute Gasteiger partial charge is 0.464 e. The van der Waals surface area contributed by atoms with E-state index >= 15 is 0 Å². The predicted octanol–water partition coefficient (Wildman–Crippen LogP) is 7.89. The first kappa shape index (κ1) is 32.9. The normalized spacial score (nSPS) is 12.1. The molecule has 0 amide bonds. The lowest BCUT2D eigenvalue weighted by atomic mass is 10.0. The van der Waals surface area contributed by atoms with Crippen LogP contribution in [0.25, 0.3) is 0 Å². The van der Waals surface area contributed by atoms with E-state index in [-0.39, 0.29) is 17.5 Å². The first-order valence-electron chi connectivity index (χ1n) is 14.2. The van der Waals surface area contributed by atoms with Crippen LogP contribution < -0.4 is 5.32 Å². The van der Waals surface area contributed by atoms with Crippen molar-refractivity contribution in [1.82, 2.24) is 5.32 Å². The quantitative estimate of drug-likeness (QED) is 0.125. The molecule has 0 unspecified atom stereocenters. The van der Waals surface area contributed by atoms with Gasteiger partial charge in [0, 0.05) is 18.5 Å². The molecule has 0 heterocycles. The van der Waals surface area contributed by atoms with Gasteiger partial charge in [0.1, 0.15) is 12.2 Å². The Bertz CT molecular complexity index is 511. The van der Waals surface area contributed by atoms with Crippen molar-refractivity contribution in [3.05, 3.63) is 0 Å². The van der Waals surface area contributed by atoms with Gasteiger partial charge in [0.2, 0.25) is 0 Å². The standard InChI is InChI=1S/C29H57NO4/c1-7-8-9-10-11-12-13-14-15-16-17-18-19-20-21-22-26(31)33-25-29(5,6)30-24-23-27(32)34-28(2,3)4/h30H,7-25H2,1-6H3. The molecular formula is C29H57NO4. The predicted molar refractivity (Wildman–Crippen MR) is 143 cm³/mol. The second-order valence-electron chi connectivity index (χ2n) is 11.5. The Labute approximate surface area is 211 Å². The van der Waals surface area contributed by atoms with Gasteiger partial charge in [0.25, 0.3) is 0 Å². The maximum Gasteiger partial charge on any atom is 0.307 e. The van der Waals surface area contributed by atoms with E-state index in [2.05, 4.69) is 12.2 Å². The third-order valence-electron chi connectivity index (χ3n) is 5.93. The van der Waals surface area contributed by atoms with Crippen molar-refractivity contribution in [1.29, 1.82) is 0 Å². The highest BCUT2D eigenvalue weighted by Crippen LogP contribution is 2.14. The molecule has 5 heteroatoms. The van der Waals surface area contributed by atoms with Gasteiger partial charge in [-0.2, -0.15) is 0 Å². The molecule has 0 fully saturated rings. The molecule has 0 aromatic heterocycles. The van der Waals surface area contributed by atoms with E-state index in [9.17, 15) is 9.59 Å².